The van der Waals surface area contributed by atoms with Crippen LogP contribution >= 0.6 is 11.3 Å². The van der Waals surface area contributed by atoms with Gasteiger partial charge in [-0.05, 0) is 39.3 Å². The van der Waals surface area contributed by atoms with Gasteiger partial charge in [0.05, 0.1) is 5.70 Å². The van der Waals surface area contributed by atoms with Gasteiger partial charge in [0.1, 0.15) is 28.2 Å². The van der Waals surface area contributed by atoms with Crippen molar-refractivity contribution in [3.63, 3.8) is 0 Å². The summed E-state index contributed by atoms with van der Waals surface area (Å²) in [4.78, 5) is 9.37. The molecule has 188 valence electrons. The van der Waals surface area contributed by atoms with Crippen molar-refractivity contribution in [3.8, 4) is 0 Å². The Morgan fingerprint density at radius 2 is 1.94 bits per heavy atom. The lowest BCUT2D eigenvalue weighted by molar-refractivity contribution is 0.241. The standard InChI is InChI=1S/C27H32F3N3OS/c1-6-19(27-31-14-22(35-27)13-23-24(29)11-20(28)12-25(23)30)15-32(26(7-2)18(5)34)16-21-10-9-17(4)33(21)8-3/h6,8,11-12,14-15,17,21,34H,1,3,7,9-10,13,16H2,2,4-5H3/b19-15+,26-18+/t17-,21+/m0/s1. The Balaban J connectivity index is 1.91. The molecule has 1 fully saturated rings. The van der Waals surface area contributed by atoms with Crippen LogP contribution in [0.25, 0.3) is 5.57 Å². The number of hydrogen-bond donors (Lipinski definition) is 1. The van der Waals surface area contributed by atoms with Gasteiger partial charge in [-0.15, -0.1) is 11.3 Å². The summed E-state index contributed by atoms with van der Waals surface area (Å²) in [5.41, 5.74) is 1.32. The third-order valence-corrected chi connectivity index (χ3v) is 7.38. The zero-order chi connectivity index (χ0) is 25.7. The van der Waals surface area contributed by atoms with Gasteiger partial charge in [0, 0.05) is 65.6 Å². The van der Waals surface area contributed by atoms with E-state index in [-0.39, 0.29) is 23.8 Å². The van der Waals surface area contributed by atoms with Crippen molar-refractivity contribution >= 4 is 16.9 Å². The number of allylic oxidation sites excluding steroid dienone is 4. The number of rotatable bonds is 10. The van der Waals surface area contributed by atoms with E-state index in [1.165, 1.54) is 11.3 Å². The number of hydrogen-bond acceptors (Lipinski definition) is 5. The quantitative estimate of drug-likeness (QED) is 0.275. The van der Waals surface area contributed by atoms with Gasteiger partial charge < -0.3 is 14.9 Å². The number of aliphatic hydroxyl groups excluding tert-OH is 1. The molecule has 1 aromatic carbocycles. The van der Waals surface area contributed by atoms with Crippen molar-refractivity contribution in [3.05, 3.63) is 94.3 Å². The molecule has 1 aromatic heterocycles. The predicted molar refractivity (Wildman–Crippen MR) is 136 cm³/mol. The minimum atomic E-state index is -0.948. The maximum Gasteiger partial charge on any atom is 0.132 e. The van der Waals surface area contributed by atoms with Gasteiger partial charge in [-0.3, -0.25) is 0 Å². The number of likely N-dealkylation sites (tertiary alicyclic amines) is 1. The smallest absolute Gasteiger partial charge is 0.132 e. The Morgan fingerprint density at radius 3 is 2.51 bits per heavy atom. The van der Waals surface area contributed by atoms with Crippen LogP contribution < -0.4 is 0 Å². The summed E-state index contributed by atoms with van der Waals surface area (Å²) < 4.78 is 41.5. The van der Waals surface area contributed by atoms with E-state index in [0.717, 1.165) is 24.1 Å². The molecule has 2 aromatic rings. The lowest BCUT2D eigenvalue weighted by Crippen LogP contribution is -2.38. The van der Waals surface area contributed by atoms with Crippen molar-refractivity contribution < 1.29 is 18.3 Å². The van der Waals surface area contributed by atoms with Gasteiger partial charge in [0.25, 0.3) is 0 Å². The molecule has 0 unspecified atom stereocenters. The van der Waals surface area contributed by atoms with Gasteiger partial charge in [-0.2, -0.15) is 0 Å². The molecule has 0 spiro atoms. The van der Waals surface area contributed by atoms with Crippen LogP contribution in [0.1, 0.15) is 55.5 Å². The summed E-state index contributed by atoms with van der Waals surface area (Å²) in [6, 6.07) is 2.00. The molecule has 3 rings (SSSR count). The minimum Gasteiger partial charge on any atom is -0.511 e. The van der Waals surface area contributed by atoms with Crippen molar-refractivity contribution in [2.75, 3.05) is 6.54 Å². The van der Waals surface area contributed by atoms with E-state index in [2.05, 4.69) is 30.0 Å². The molecule has 0 bridgehead atoms. The number of halogens is 3. The summed E-state index contributed by atoms with van der Waals surface area (Å²) >= 11 is 1.29. The summed E-state index contributed by atoms with van der Waals surface area (Å²) in [5, 5.41) is 11.0. The first-order valence-corrected chi connectivity index (χ1v) is 12.5. The van der Waals surface area contributed by atoms with Crippen LogP contribution in [-0.4, -0.2) is 38.5 Å². The molecule has 2 heterocycles. The minimum absolute atomic E-state index is 0.0339. The van der Waals surface area contributed by atoms with Crippen LogP contribution in [0.3, 0.4) is 0 Å². The van der Waals surface area contributed by atoms with Crippen molar-refractivity contribution in [2.24, 2.45) is 0 Å². The number of thiazole rings is 1. The fourth-order valence-corrected chi connectivity index (χ4v) is 5.47. The highest BCUT2D eigenvalue weighted by atomic mass is 32.1. The molecule has 1 aliphatic rings. The maximum atomic E-state index is 14.1. The summed E-state index contributed by atoms with van der Waals surface area (Å²) in [6.07, 6.45) is 9.71. The number of aromatic nitrogens is 1. The van der Waals surface area contributed by atoms with E-state index in [1.807, 2.05) is 24.2 Å². The van der Waals surface area contributed by atoms with Crippen molar-refractivity contribution in [1.29, 1.82) is 0 Å². The average molecular weight is 504 g/mol. The van der Waals surface area contributed by atoms with Gasteiger partial charge in [-0.25, -0.2) is 18.2 Å². The molecule has 4 nitrogen and oxygen atoms in total. The topological polar surface area (TPSA) is 39.6 Å². The molecule has 1 N–H and O–H groups in total. The van der Waals surface area contributed by atoms with E-state index in [9.17, 15) is 18.3 Å². The number of benzene rings is 1. The van der Waals surface area contributed by atoms with E-state index in [4.69, 9.17) is 0 Å². The molecule has 0 radical (unpaired) electrons. The third-order valence-electron chi connectivity index (χ3n) is 6.34. The van der Waals surface area contributed by atoms with E-state index in [1.54, 1.807) is 19.2 Å². The Labute approximate surface area is 209 Å². The van der Waals surface area contributed by atoms with Crippen molar-refractivity contribution in [2.45, 2.75) is 58.5 Å². The molecule has 8 heteroatoms. The highest BCUT2D eigenvalue weighted by Crippen LogP contribution is 2.30. The van der Waals surface area contributed by atoms with Crippen LogP contribution in [0.2, 0.25) is 0 Å². The lowest BCUT2D eigenvalue weighted by atomic mass is 10.1. The van der Waals surface area contributed by atoms with Crippen LogP contribution in [0, 0.1) is 17.5 Å². The molecule has 2 atom stereocenters. The second-order valence-corrected chi connectivity index (χ2v) is 9.81. The Bertz CT molecular complexity index is 1110. The summed E-state index contributed by atoms with van der Waals surface area (Å²) in [7, 11) is 0. The second kappa shape index (κ2) is 11.6. The molecule has 0 amide bonds. The zero-order valence-electron chi connectivity index (χ0n) is 20.4. The lowest BCUT2D eigenvalue weighted by Gasteiger charge is -2.33. The van der Waals surface area contributed by atoms with Crippen LogP contribution in [0.5, 0.6) is 0 Å². The second-order valence-electron chi connectivity index (χ2n) is 8.69. The fourth-order valence-electron chi connectivity index (χ4n) is 4.54. The Kier molecular flexibility index (Phi) is 8.83. The van der Waals surface area contributed by atoms with E-state index >= 15 is 0 Å². The molecule has 35 heavy (non-hydrogen) atoms. The van der Waals surface area contributed by atoms with Crippen LogP contribution in [0.4, 0.5) is 13.2 Å². The fraction of sp³-hybridized carbons (Fsp3) is 0.370. The zero-order valence-corrected chi connectivity index (χ0v) is 21.2. The predicted octanol–water partition coefficient (Wildman–Crippen LogP) is 7.18. The summed E-state index contributed by atoms with van der Waals surface area (Å²) in [6.45, 7) is 14.4. The summed E-state index contributed by atoms with van der Waals surface area (Å²) in [5.74, 6) is -2.55. The highest BCUT2D eigenvalue weighted by molar-refractivity contribution is 7.12. The SMILES string of the molecule is C=C/C(=C\N(C[C@H]1CC[C@H](C)N1C=C)/C(CC)=C(\C)O)c1ncc(Cc2c(F)cc(F)cc2F)s1. The molecule has 1 saturated heterocycles. The maximum absolute atomic E-state index is 14.1. The first-order valence-electron chi connectivity index (χ1n) is 11.7. The first kappa shape index (κ1) is 26.6. The molecule has 1 aliphatic heterocycles. The molecule has 0 aliphatic carbocycles. The monoisotopic (exact) mass is 503 g/mol. The normalized spacial score (nSPS) is 19.0. The molecular formula is C27H32F3N3OS. The molecular weight excluding hydrogens is 471 g/mol. The highest BCUT2D eigenvalue weighted by Gasteiger charge is 2.29. The van der Waals surface area contributed by atoms with E-state index < -0.39 is 17.5 Å². The van der Waals surface area contributed by atoms with Crippen molar-refractivity contribution in [1.82, 2.24) is 14.8 Å². The first-order chi connectivity index (χ1) is 16.7. The average Bonchev–Trinajstić information content (AvgIpc) is 3.40. The molecule has 0 saturated carbocycles. The largest absolute Gasteiger partial charge is 0.511 e. The number of aliphatic hydroxyl groups is 1. The van der Waals surface area contributed by atoms with Gasteiger partial charge in [-0.1, -0.05) is 26.2 Å². The van der Waals surface area contributed by atoms with Crippen LogP contribution in [0.15, 0.2) is 61.4 Å². The van der Waals surface area contributed by atoms with Gasteiger partial charge >= 0.3 is 0 Å². The Hall–Kier alpha value is -3.00. The van der Waals surface area contributed by atoms with Gasteiger partial charge in [0.15, 0.2) is 0 Å². The van der Waals surface area contributed by atoms with Gasteiger partial charge in [0.2, 0.25) is 0 Å². The van der Waals surface area contributed by atoms with Crippen LogP contribution in [-0.2, 0) is 6.42 Å². The Morgan fingerprint density at radius 1 is 1.26 bits per heavy atom. The number of nitrogens with zero attached hydrogens (tertiary/aromatic N) is 3. The third kappa shape index (κ3) is 6.17. The van der Waals surface area contributed by atoms with E-state index in [0.29, 0.717) is 41.0 Å².